The molecule has 0 radical (unpaired) electrons. The molecule has 0 fully saturated rings. The molecule has 2 aromatic rings. The van der Waals surface area contributed by atoms with E-state index in [1.807, 2.05) is 30.3 Å². The van der Waals surface area contributed by atoms with E-state index in [9.17, 15) is 4.79 Å². The topological polar surface area (TPSA) is 38.3 Å². The van der Waals surface area contributed by atoms with Gasteiger partial charge in [-0.3, -0.25) is 4.79 Å². The lowest BCUT2D eigenvalue weighted by Crippen LogP contribution is -2.12. The van der Waals surface area contributed by atoms with Crippen molar-refractivity contribution in [3.05, 3.63) is 65.2 Å². The van der Waals surface area contributed by atoms with Crippen LogP contribution in [-0.4, -0.2) is 13.3 Å². The molecule has 0 aliphatic carbocycles. The highest BCUT2D eigenvalue weighted by molar-refractivity contribution is 5.79. The predicted octanol–water partition coefficient (Wildman–Crippen LogP) is 2.60. The molecule has 0 unspecified atom stereocenters. The Labute approximate surface area is 106 Å². The van der Waals surface area contributed by atoms with Crippen LogP contribution in [0.25, 0.3) is 0 Å². The monoisotopic (exact) mass is 241 g/mol. The van der Waals surface area contributed by atoms with Crippen molar-refractivity contribution in [1.29, 1.82) is 0 Å². The SMILES string of the molecule is CNOc1cc(Cc2ccccc2)ccc1C=O. The maximum absolute atomic E-state index is 10.9. The Kier molecular flexibility index (Phi) is 4.10. The average molecular weight is 241 g/mol. The maximum atomic E-state index is 10.9. The minimum atomic E-state index is 0.543. The molecule has 2 aromatic carbocycles. The number of carbonyl (C=O) groups excluding carboxylic acids is 1. The zero-order valence-corrected chi connectivity index (χ0v) is 10.2. The molecule has 92 valence electrons. The summed E-state index contributed by atoms with van der Waals surface area (Å²) >= 11 is 0. The number of benzene rings is 2. The molecule has 0 aliphatic heterocycles. The fourth-order valence-corrected chi connectivity index (χ4v) is 1.82. The summed E-state index contributed by atoms with van der Waals surface area (Å²) in [5.74, 6) is 0.556. The van der Waals surface area contributed by atoms with Crippen LogP contribution < -0.4 is 10.3 Å². The first-order valence-corrected chi connectivity index (χ1v) is 5.79. The van der Waals surface area contributed by atoms with Gasteiger partial charge in [0.25, 0.3) is 0 Å². The zero-order chi connectivity index (χ0) is 12.8. The van der Waals surface area contributed by atoms with Crippen LogP contribution in [0.2, 0.25) is 0 Å². The third-order valence-corrected chi connectivity index (χ3v) is 2.67. The van der Waals surface area contributed by atoms with Crippen molar-refractivity contribution >= 4 is 6.29 Å². The summed E-state index contributed by atoms with van der Waals surface area (Å²) in [5.41, 5.74) is 5.47. The summed E-state index contributed by atoms with van der Waals surface area (Å²) in [6.45, 7) is 0. The molecule has 0 atom stereocenters. The van der Waals surface area contributed by atoms with Gasteiger partial charge >= 0.3 is 0 Å². The van der Waals surface area contributed by atoms with Crippen LogP contribution in [-0.2, 0) is 6.42 Å². The molecular weight excluding hydrogens is 226 g/mol. The Morgan fingerprint density at radius 2 is 1.89 bits per heavy atom. The Morgan fingerprint density at radius 3 is 2.56 bits per heavy atom. The Balaban J connectivity index is 2.24. The second-order valence-electron chi connectivity index (χ2n) is 3.96. The van der Waals surface area contributed by atoms with Crippen LogP contribution in [0.1, 0.15) is 21.5 Å². The van der Waals surface area contributed by atoms with Crippen LogP contribution >= 0.6 is 0 Å². The Morgan fingerprint density at radius 1 is 1.11 bits per heavy atom. The van der Waals surface area contributed by atoms with Crippen molar-refractivity contribution in [1.82, 2.24) is 5.48 Å². The lowest BCUT2D eigenvalue weighted by atomic mass is 10.0. The van der Waals surface area contributed by atoms with Crippen molar-refractivity contribution in [2.45, 2.75) is 6.42 Å². The predicted molar refractivity (Wildman–Crippen MR) is 70.8 cm³/mol. The normalized spacial score (nSPS) is 10.1. The number of hydroxylamine groups is 1. The lowest BCUT2D eigenvalue weighted by Gasteiger charge is -2.08. The molecule has 0 saturated heterocycles. The molecule has 0 saturated carbocycles. The molecular formula is C15H15NO2. The first-order chi connectivity index (χ1) is 8.83. The number of carbonyl (C=O) groups is 1. The Hall–Kier alpha value is -2.13. The molecule has 1 N–H and O–H groups in total. The fourth-order valence-electron chi connectivity index (χ4n) is 1.82. The Bertz CT molecular complexity index is 523. The lowest BCUT2D eigenvalue weighted by molar-refractivity contribution is 0.111. The number of hydrogen-bond donors (Lipinski definition) is 1. The van der Waals surface area contributed by atoms with Crippen molar-refractivity contribution in [3.63, 3.8) is 0 Å². The third-order valence-electron chi connectivity index (χ3n) is 2.67. The smallest absolute Gasteiger partial charge is 0.157 e. The molecule has 0 aromatic heterocycles. The summed E-state index contributed by atoms with van der Waals surface area (Å²) in [7, 11) is 1.67. The van der Waals surface area contributed by atoms with Gasteiger partial charge in [0.2, 0.25) is 0 Å². The van der Waals surface area contributed by atoms with E-state index in [0.29, 0.717) is 11.3 Å². The highest BCUT2D eigenvalue weighted by atomic mass is 16.6. The standard InChI is InChI=1S/C15H15NO2/c1-16-18-15-10-13(7-8-14(15)11-17)9-12-5-3-2-4-6-12/h2-8,10-11,16H,9H2,1H3. The highest BCUT2D eigenvalue weighted by Gasteiger charge is 2.05. The van der Waals surface area contributed by atoms with E-state index < -0.39 is 0 Å². The first-order valence-electron chi connectivity index (χ1n) is 5.79. The van der Waals surface area contributed by atoms with Crippen molar-refractivity contribution in [2.24, 2.45) is 0 Å². The minimum absolute atomic E-state index is 0.543. The summed E-state index contributed by atoms with van der Waals surface area (Å²) in [4.78, 5) is 16.1. The molecule has 3 nitrogen and oxygen atoms in total. The van der Waals surface area contributed by atoms with Gasteiger partial charge in [-0.15, -0.1) is 0 Å². The van der Waals surface area contributed by atoms with Gasteiger partial charge in [-0.1, -0.05) is 36.4 Å². The highest BCUT2D eigenvalue weighted by Crippen LogP contribution is 2.20. The van der Waals surface area contributed by atoms with Crippen molar-refractivity contribution in [3.8, 4) is 5.75 Å². The van der Waals surface area contributed by atoms with E-state index in [1.165, 1.54) is 5.56 Å². The van der Waals surface area contributed by atoms with Crippen LogP contribution in [0.15, 0.2) is 48.5 Å². The van der Waals surface area contributed by atoms with Gasteiger partial charge in [-0.2, -0.15) is 5.48 Å². The molecule has 3 heteroatoms. The number of aldehydes is 1. The minimum Gasteiger partial charge on any atom is -0.408 e. The van der Waals surface area contributed by atoms with E-state index >= 15 is 0 Å². The molecule has 2 rings (SSSR count). The van der Waals surface area contributed by atoms with Crippen LogP contribution in [0.4, 0.5) is 0 Å². The summed E-state index contributed by atoms with van der Waals surface area (Å²) in [6.07, 6.45) is 1.61. The van der Waals surface area contributed by atoms with Crippen LogP contribution in [0.3, 0.4) is 0 Å². The molecule has 0 amide bonds. The zero-order valence-electron chi connectivity index (χ0n) is 10.2. The van der Waals surface area contributed by atoms with E-state index in [4.69, 9.17) is 4.84 Å². The molecule has 0 aliphatic rings. The number of hydrogen-bond acceptors (Lipinski definition) is 3. The van der Waals surface area contributed by atoms with E-state index in [0.717, 1.165) is 18.3 Å². The number of nitrogens with one attached hydrogen (secondary N) is 1. The van der Waals surface area contributed by atoms with Gasteiger partial charge in [-0.05, 0) is 29.7 Å². The largest absolute Gasteiger partial charge is 0.408 e. The molecule has 0 bridgehead atoms. The molecule has 0 heterocycles. The number of rotatable bonds is 5. The van der Waals surface area contributed by atoms with E-state index in [1.54, 1.807) is 13.1 Å². The summed E-state index contributed by atoms with van der Waals surface area (Å²) in [5, 5.41) is 0. The summed E-state index contributed by atoms with van der Waals surface area (Å²) in [6, 6.07) is 15.8. The fraction of sp³-hybridized carbons (Fsp3) is 0.133. The van der Waals surface area contributed by atoms with Gasteiger partial charge in [0.05, 0.1) is 5.56 Å². The van der Waals surface area contributed by atoms with Gasteiger partial charge < -0.3 is 4.84 Å². The van der Waals surface area contributed by atoms with Crippen LogP contribution in [0.5, 0.6) is 5.75 Å². The summed E-state index contributed by atoms with van der Waals surface area (Å²) < 4.78 is 0. The van der Waals surface area contributed by atoms with Gasteiger partial charge in [0.1, 0.15) is 0 Å². The van der Waals surface area contributed by atoms with Crippen LogP contribution in [0, 0.1) is 0 Å². The van der Waals surface area contributed by atoms with E-state index in [2.05, 4.69) is 17.6 Å². The van der Waals surface area contributed by atoms with Crippen molar-refractivity contribution in [2.75, 3.05) is 7.05 Å². The van der Waals surface area contributed by atoms with Gasteiger partial charge in [0, 0.05) is 7.05 Å². The second-order valence-corrected chi connectivity index (χ2v) is 3.96. The van der Waals surface area contributed by atoms with Crippen molar-refractivity contribution < 1.29 is 9.63 Å². The van der Waals surface area contributed by atoms with E-state index in [-0.39, 0.29) is 0 Å². The van der Waals surface area contributed by atoms with Gasteiger partial charge in [-0.25, -0.2) is 0 Å². The average Bonchev–Trinajstić information content (AvgIpc) is 2.41. The molecule has 18 heavy (non-hydrogen) atoms. The second kappa shape index (κ2) is 5.98. The molecule has 0 spiro atoms. The first kappa shape index (κ1) is 12.3. The van der Waals surface area contributed by atoms with Gasteiger partial charge in [0.15, 0.2) is 12.0 Å². The third kappa shape index (κ3) is 2.96. The quantitative estimate of drug-likeness (QED) is 0.646. The maximum Gasteiger partial charge on any atom is 0.157 e.